The summed E-state index contributed by atoms with van der Waals surface area (Å²) < 4.78 is 20.9. The number of sulfone groups is 1. The van der Waals surface area contributed by atoms with Crippen LogP contribution in [0.3, 0.4) is 0 Å². The Balaban J connectivity index is -0.000000245. The molecule has 0 aliphatic heterocycles. The maximum absolute atomic E-state index is 10.4. The molecule has 0 bridgehead atoms. The van der Waals surface area contributed by atoms with E-state index in [9.17, 15) is 8.42 Å². The second kappa shape index (κ2) is 5.95. The average Bonchev–Trinajstić information content (AvgIpc) is 1.21. The van der Waals surface area contributed by atoms with Gasteiger partial charge < -0.3 is 6.15 Å². The molecule has 66 valence electrons. The lowest BCUT2D eigenvalue weighted by Gasteiger charge is -1.98. The van der Waals surface area contributed by atoms with Crippen molar-refractivity contribution in [3.63, 3.8) is 0 Å². The first-order valence-corrected chi connectivity index (χ1v) is 4.65. The van der Waals surface area contributed by atoms with Crippen LogP contribution in [0.4, 0.5) is 0 Å². The summed E-state index contributed by atoms with van der Waals surface area (Å²) in [5, 5.41) is 0. The van der Waals surface area contributed by atoms with Crippen LogP contribution in [0, 0.1) is 5.92 Å². The minimum atomic E-state index is -2.72. The van der Waals surface area contributed by atoms with Gasteiger partial charge in [0, 0.05) is 6.26 Å². The molecule has 5 heteroatoms. The van der Waals surface area contributed by atoms with Gasteiger partial charge in [-0.3, -0.25) is 0 Å². The highest BCUT2D eigenvalue weighted by molar-refractivity contribution is 7.90. The highest BCUT2D eigenvalue weighted by Gasteiger charge is 2.03. The van der Waals surface area contributed by atoms with Crippen LogP contribution in [0.2, 0.25) is 0 Å². The van der Waals surface area contributed by atoms with Crippen molar-refractivity contribution in [1.82, 2.24) is 6.15 Å². The molecule has 0 unspecified atom stereocenters. The maximum Gasteiger partial charge on any atom is 0.147 e. The minimum absolute atomic E-state index is 0. The zero-order valence-corrected chi connectivity index (χ0v) is 8.26. The molecule has 0 spiro atoms. The summed E-state index contributed by atoms with van der Waals surface area (Å²) in [4.78, 5) is 0. The summed E-state index contributed by atoms with van der Waals surface area (Å²) in [7, 11) is -2.72. The van der Waals surface area contributed by atoms with Gasteiger partial charge in [0.1, 0.15) is 9.84 Å². The largest absolute Gasteiger partial charge is 0.344 e. The van der Waals surface area contributed by atoms with Crippen LogP contribution in [-0.2, 0) is 9.84 Å². The fourth-order valence-electron chi connectivity index (χ4n) is 0.605. The Kier molecular flexibility index (Phi) is 9.90. The first-order valence-electron chi connectivity index (χ1n) is 2.59. The second-order valence-corrected chi connectivity index (χ2v) is 4.67. The minimum Gasteiger partial charge on any atom is -0.344 e. The van der Waals surface area contributed by atoms with E-state index in [0.717, 1.165) is 0 Å². The monoisotopic (exact) mass is 189 g/mol. The van der Waals surface area contributed by atoms with E-state index >= 15 is 0 Å². The van der Waals surface area contributed by atoms with E-state index in [1.54, 1.807) is 0 Å². The molecular weight excluding hydrogens is 174 g/mol. The predicted octanol–water partition coefficient (Wildman–Crippen LogP) is 1.27. The average molecular weight is 190 g/mol. The Hall–Kier alpha value is 0.200. The SMILES string of the molecule is CC(C)CS(C)(=O)=O.Cl.N. The van der Waals surface area contributed by atoms with E-state index in [4.69, 9.17) is 0 Å². The van der Waals surface area contributed by atoms with Gasteiger partial charge in [0.05, 0.1) is 5.75 Å². The summed E-state index contributed by atoms with van der Waals surface area (Å²) >= 11 is 0. The molecule has 0 aromatic rings. The Morgan fingerprint density at radius 1 is 1.30 bits per heavy atom. The van der Waals surface area contributed by atoms with Gasteiger partial charge in [0.2, 0.25) is 0 Å². The standard InChI is InChI=1S/C5H12O2S.ClH.H3N/c1-5(2)4-8(3,6)7;;/h5H,4H2,1-3H3;1H;1H3. The molecule has 3 nitrogen and oxygen atoms in total. The molecule has 0 fully saturated rings. The summed E-state index contributed by atoms with van der Waals surface area (Å²) in [6.07, 6.45) is 1.26. The van der Waals surface area contributed by atoms with Crippen molar-refractivity contribution in [3.8, 4) is 0 Å². The van der Waals surface area contributed by atoms with Crippen molar-refractivity contribution >= 4 is 22.2 Å². The zero-order valence-electron chi connectivity index (χ0n) is 6.62. The number of rotatable bonds is 2. The van der Waals surface area contributed by atoms with Gasteiger partial charge in [-0.1, -0.05) is 13.8 Å². The van der Waals surface area contributed by atoms with Crippen LogP contribution in [0.1, 0.15) is 13.8 Å². The van der Waals surface area contributed by atoms with E-state index in [2.05, 4.69) is 0 Å². The predicted molar refractivity (Wildman–Crippen MR) is 46.8 cm³/mol. The van der Waals surface area contributed by atoms with Gasteiger partial charge in [0.25, 0.3) is 0 Å². The van der Waals surface area contributed by atoms with E-state index < -0.39 is 9.84 Å². The van der Waals surface area contributed by atoms with Crippen molar-refractivity contribution < 1.29 is 8.42 Å². The Morgan fingerprint density at radius 2 is 1.60 bits per heavy atom. The maximum atomic E-state index is 10.4. The molecular formula is C5H16ClNO2S. The summed E-state index contributed by atoms with van der Waals surface area (Å²) in [6.45, 7) is 3.78. The van der Waals surface area contributed by atoms with Crippen LogP contribution < -0.4 is 6.15 Å². The molecule has 0 heterocycles. The second-order valence-electron chi connectivity index (χ2n) is 2.49. The van der Waals surface area contributed by atoms with Gasteiger partial charge in [-0.2, -0.15) is 0 Å². The molecule has 0 aromatic heterocycles. The number of hydrogen-bond acceptors (Lipinski definition) is 3. The summed E-state index contributed by atoms with van der Waals surface area (Å²) in [5.41, 5.74) is 0. The van der Waals surface area contributed by atoms with Crippen molar-refractivity contribution in [3.05, 3.63) is 0 Å². The molecule has 0 radical (unpaired) electrons. The lowest BCUT2D eigenvalue weighted by molar-refractivity contribution is 0.588. The highest BCUT2D eigenvalue weighted by atomic mass is 35.5. The van der Waals surface area contributed by atoms with Crippen LogP contribution in [0.25, 0.3) is 0 Å². The molecule has 0 aromatic carbocycles. The zero-order chi connectivity index (χ0) is 6.78. The lowest BCUT2D eigenvalue weighted by Crippen LogP contribution is -2.08. The van der Waals surface area contributed by atoms with Crippen LogP contribution in [0.5, 0.6) is 0 Å². The van der Waals surface area contributed by atoms with E-state index in [1.807, 2.05) is 13.8 Å². The summed E-state index contributed by atoms with van der Waals surface area (Å²) in [6, 6.07) is 0. The fraction of sp³-hybridized carbons (Fsp3) is 1.00. The van der Waals surface area contributed by atoms with Gasteiger partial charge >= 0.3 is 0 Å². The smallest absolute Gasteiger partial charge is 0.147 e. The van der Waals surface area contributed by atoms with Crippen LogP contribution in [-0.4, -0.2) is 20.4 Å². The normalized spacial score (nSPS) is 10.0. The van der Waals surface area contributed by atoms with E-state index in [-0.39, 0.29) is 24.5 Å². The molecule has 0 saturated heterocycles. The molecule has 0 aliphatic carbocycles. The van der Waals surface area contributed by atoms with E-state index in [0.29, 0.717) is 5.75 Å². The summed E-state index contributed by atoms with van der Waals surface area (Å²) in [5.74, 6) is 0.553. The van der Waals surface area contributed by atoms with Crippen molar-refractivity contribution in [2.24, 2.45) is 5.92 Å². The first kappa shape index (κ1) is 16.7. The van der Waals surface area contributed by atoms with Gasteiger partial charge in [0.15, 0.2) is 0 Å². The molecule has 0 aliphatic rings. The molecule has 0 saturated carbocycles. The van der Waals surface area contributed by atoms with Gasteiger partial charge in [-0.25, -0.2) is 8.42 Å². The molecule has 3 N–H and O–H groups in total. The molecule has 0 atom stereocenters. The van der Waals surface area contributed by atoms with Crippen LogP contribution >= 0.6 is 12.4 Å². The Bertz CT molecular complexity index is 153. The molecule has 0 rings (SSSR count). The van der Waals surface area contributed by atoms with Crippen molar-refractivity contribution in [2.45, 2.75) is 13.8 Å². The lowest BCUT2D eigenvalue weighted by atomic mass is 10.3. The van der Waals surface area contributed by atoms with Gasteiger partial charge in [-0.15, -0.1) is 12.4 Å². The van der Waals surface area contributed by atoms with Crippen molar-refractivity contribution in [2.75, 3.05) is 12.0 Å². The fourth-order valence-corrected chi connectivity index (χ4v) is 1.82. The van der Waals surface area contributed by atoms with Crippen molar-refractivity contribution in [1.29, 1.82) is 0 Å². The van der Waals surface area contributed by atoms with Crippen LogP contribution in [0.15, 0.2) is 0 Å². The third-order valence-corrected chi connectivity index (χ3v) is 1.91. The molecule has 10 heavy (non-hydrogen) atoms. The topological polar surface area (TPSA) is 69.1 Å². The quantitative estimate of drug-likeness (QED) is 0.712. The Labute approximate surface area is 69.1 Å². The van der Waals surface area contributed by atoms with E-state index in [1.165, 1.54) is 6.26 Å². The first-order chi connectivity index (χ1) is 3.42. The number of hydrogen-bond donors (Lipinski definition) is 1. The number of halogens is 1. The van der Waals surface area contributed by atoms with Gasteiger partial charge in [-0.05, 0) is 5.92 Å². The third-order valence-electron chi connectivity index (χ3n) is 0.636. The highest BCUT2D eigenvalue weighted by Crippen LogP contribution is 1.95. The Morgan fingerprint density at radius 3 is 1.60 bits per heavy atom. The molecule has 0 amide bonds. The third kappa shape index (κ3) is 15.7.